The second-order valence-corrected chi connectivity index (χ2v) is 5.40. The fourth-order valence-corrected chi connectivity index (χ4v) is 2.49. The minimum absolute atomic E-state index is 0.265. The van der Waals surface area contributed by atoms with Crippen LogP contribution >= 0.6 is 11.6 Å². The Bertz CT molecular complexity index is 818. The first-order chi connectivity index (χ1) is 11.7. The van der Waals surface area contributed by atoms with E-state index in [4.69, 9.17) is 11.6 Å². The Labute approximate surface area is 143 Å². The number of anilines is 2. The molecule has 124 valence electrons. The zero-order chi connectivity index (χ0) is 16.9. The molecule has 0 atom stereocenters. The van der Waals surface area contributed by atoms with Gasteiger partial charge in [0, 0.05) is 26.2 Å². The lowest BCUT2D eigenvalue weighted by molar-refractivity contribution is 0.627. The maximum absolute atomic E-state index is 13.0. The summed E-state index contributed by atoms with van der Waals surface area (Å²) in [7, 11) is 1.76. The zero-order valence-corrected chi connectivity index (χ0v) is 13.8. The van der Waals surface area contributed by atoms with E-state index in [0.717, 1.165) is 11.4 Å². The Morgan fingerprint density at radius 3 is 2.71 bits per heavy atom. The molecule has 0 aliphatic carbocycles. The second kappa shape index (κ2) is 7.27. The monoisotopic (exact) mass is 346 g/mol. The van der Waals surface area contributed by atoms with E-state index in [0.29, 0.717) is 29.6 Å². The summed E-state index contributed by atoms with van der Waals surface area (Å²) in [6, 6.07) is 8.13. The molecular formula is C16H16ClFN6. The zero-order valence-electron chi connectivity index (χ0n) is 13.0. The van der Waals surface area contributed by atoms with Crippen LogP contribution in [0.2, 0.25) is 5.15 Å². The van der Waals surface area contributed by atoms with Crippen LogP contribution < -0.4 is 10.6 Å². The quantitative estimate of drug-likeness (QED) is 0.671. The van der Waals surface area contributed by atoms with E-state index >= 15 is 0 Å². The lowest BCUT2D eigenvalue weighted by Gasteiger charge is -2.10. The number of rotatable bonds is 6. The SMILES string of the molecule is CNc1c(Cl)ncnc1NCCc1ccn(-c2ccc(F)cc2)n1. The van der Waals surface area contributed by atoms with Crippen molar-refractivity contribution in [2.24, 2.45) is 0 Å². The Kier molecular flexibility index (Phi) is 4.90. The van der Waals surface area contributed by atoms with Gasteiger partial charge in [-0.15, -0.1) is 0 Å². The van der Waals surface area contributed by atoms with Gasteiger partial charge in [-0.1, -0.05) is 11.6 Å². The van der Waals surface area contributed by atoms with Crippen molar-refractivity contribution >= 4 is 23.1 Å². The van der Waals surface area contributed by atoms with E-state index in [9.17, 15) is 4.39 Å². The molecule has 2 aromatic heterocycles. The molecule has 0 bridgehead atoms. The minimum atomic E-state index is -0.265. The summed E-state index contributed by atoms with van der Waals surface area (Å²) in [6.45, 7) is 0.641. The van der Waals surface area contributed by atoms with Crippen molar-refractivity contribution in [2.75, 3.05) is 24.2 Å². The van der Waals surface area contributed by atoms with Gasteiger partial charge in [-0.2, -0.15) is 5.10 Å². The molecule has 0 fully saturated rings. The summed E-state index contributed by atoms with van der Waals surface area (Å²) in [4.78, 5) is 8.10. The number of aromatic nitrogens is 4. The van der Waals surface area contributed by atoms with Gasteiger partial charge in [-0.3, -0.25) is 0 Å². The molecule has 0 unspecified atom stereocenters. The van der Waals surface area contributed by atoms with Crippen molar-refractivity contribution in [3.05, 3.63) is 59.5 Å². The third-order valence-corrected chi connectivity index (χ3v) is 3.75. The molecule has 0 saturated carbocycles. The Morgan fingerprint density at radius 1 is 1.17 bits per heavy atom. The summed E-state index contributed by atoms with van der Waals surface area (Å²) in [5.41, 5.74) is 2.39. The average Bonchev–Trinajstić information content (AvgIpc) is 3.04. The van der Waals surface area contributed by atoms with Crippen molar-refractivity contribution < 1.29 is 4.39 Å². The molecule has 0 radical (unpaired) electrons. The fraction of sp³-hybridized carbons (Fsp3) is 0.188. The van der Waals surface area contributed by atoms with Crippen molar-refractivity contribution in [3.63, 3.8) is 0 Å². The molecule has 0 amide bonds. The topological polar surface area (TPSA) is 67.7 Å². The van der Waals surface area contributed by atoms with E-state index in [1.807, 2.05) is 12.3 Å². The lowest BCUT2D eigenvalue weighted by atomic mass is 10.3. The Balaban J connectivity index is 1.62. The highest BCUT2D eigenvalue weighted by Crippen LogP contribution is 2.25. The maximum Gasteiger partial charge on any atom is 0.157 e. The summed E-state index contributed by atoms with van der Waals surface area (Å²) < 4.78 is 14.7. The molecule has 0 saturated heterocycles. The van der Waals surface area contributed by atoms with E-state index < -0.39 is 0 Å². The highest BCUT2D eigenvalue weighted by Gasteiger charge is 2.08. The largest absolute Gasteiger partial charge is 0.383 e. The van der Waals surface area contributed by atoms with Gasteiger partial charge in [-0.05, 0) is 30.3 Å². The van der Waals surface area contributed by atoms with E-state index in [2.05, 4.69) is 25.7 Å². The van der Waals surface area contributed by atoms with Gasteiger partial charge < -0.3 is 10.6 Å². The number of benzene rings is 1. The predicted octanol–water partition coefficient (Wildman–Crippen LogP) is 3.15. The molecule has 0 aliphatic rings. The first-order valence-electron chi connectivity index (χ1n) is 7.40. The van der Waals surface area contributed by atoms with Gasteiger partial charge in [0.15, 0.2) is 11.0 Å². The molecular weight excluding hydrogens is 331 g/mol. The lowest BCUT2D eigenvalue weighted by Crippen LogP contribution is -2.10. The third-order valence-electron chi connectivity index (χ3n) is 3.46. The van der Waals surface area contributed by atoms with Crippen LogP contribution in [-0.4, -0.2) is 33.3 Å². The van der Waals surface area contributed by atoms with E-state index in [1.165, 1.54) is 18.5 Å². The molecule has 0 spiro atoms. The van der Waals surface area contributed by atoms with Gasteiger partial charge in [0.05, 0.1) is 11.4 Å². The van der Waals surface area contributed by atoms with Crippen LogP contribution in [-0.2, 0) is 6.42 Å². The van der Waals surface area contributed by atoms with Gasteiger partial charge in [0.2, 0.25) is 0 Å². The van der Waals surface area contributed by atoms with Crippen LogP contribution in [0.1, 0.15) is 5.69 Å². The molecule has 2 heterocycles. The normalized spacial score (nSPS) is 10.6. The van der Waals surface area contributed by atoms with Crippen molar-refractivity contribution in [2.45, 2.75) is 6.42 Å². The van der Waals surface area contributed by atoms with Crippen LogP contribution in [0.15, 0.2) is 42.9 Å². The third kappa shape index (κ3) is 3.62. The second-order valence-electron chi connectivity index (χ2n) is 5.04. The van der Waals surface area contributed by atoms with Crippen molar-refractivity contribution in [1.82, 2.24) is 19.7 Å². The highest BCUT2D eigenvalue weighted by molar-refractivity contribution is 6.32. The van der Waals surface area contributed by atoms with Crippen LogP contribution in [0.25, 0.3) is 5.69 Å². The molecule has 1 aromatic carbocycles. The Hall–Kier alpha value is -2.67. The minimum Gasteiger partial charge on any atom is -0.383 e. The van der Waals surface area contributed by atoms with Crippen LogP contribution in [0.4, 0.5) is 15.9 Å². The molecule has 3 aromatic rings. The average molecular weight is 347 g/mol. The van der Waals surface area contributed by atoms with Crippen LogP contribution in [0.3, 0.4) is 0 Å². The van der Waals surface area contributed by atoms with E-state index in [1.54, 1.807) is 23.9 Å². The van der Waals surface area contributed by atoms with Gasteiger partial charge >= 0.3 is 0 Å². The van der Waals surface area contributed by atoms with Crippen molar-refractivity contribution in [3.8, 4) is 5.69 Å². The molecule has 24 heavy (non-hydrogen) atoms. The fourth-order valence-electron chi connectivity index (χ4n) is 2.26. The number of halogens is 2. The smallest absolute Gasteiger partial charge is 0.157 e. The molecule has 3 rings (SSSR count). The molecule has 0 aliphatic heterocycles. The highest BCUT2D eigenvalue weighted by atomic mass is 35.5. The van der Waals surface area contributed by atoms with Crippen LogP contribution in [0, 0.1) is 5.82 Å². The number of hydrogen-bond acceptors (Lipinski definition) is 5. The molecule has 8 heteroatoms. The summed E-state index contributed by atoms with van der Waals surface area (Å²) >= 11 is 6.01. The standard InChI is InChI=1S/C16H16ClFN6/c1-19-14-15(17)21-10-22-16(14)20-8-6-12-7-9-24(23-12)13-4-2-11(18)3-5-13/h2-5,7,9-10,19H,6,8H2,1H3,(H,20,21,22). The van der Waals surface area contributed by atoms with Gasteiger partial charge in [0.1, 0.15) is 17.8 Å². The van der Waals surface area contributed by atoms with E-state index in [-0.39, 0.29) is 5.82 Å². The van der Waals surface area contributed by atoms with Gasteiger partial charge in [-0.25, -0.2) is 19.0 Å². The van der Waals surface area contributed by atoms with Crippen LogP contribution in [0.5, 0.6) is 0 Å². The van der Waals surface area contributed by atoms with Crippen molar-refractivity contribution in [1.29, 1.82) is 0 Å². The first kappa shape index (κ1) is 16.2. The number of hydrogen-bond donors (Lipinski definition) is 2. The van der Waals surface area contributed by atoms with Gasteiger partial charge in [0.25, 0.3) is 0 Å². The molecule has 2 N–H and O–H groups in total. The molecule has 6 nitrogen and oxygen atoms in total. The number of nitrogens with zero attached hydrogens (tertiary/aromatic N) is 4. The summed E-state index contributed by atoms with van der Waals surface area (Å²) in [5, 5.41) is 11.0. The Morgan fingerprint density at radius 2 is 1.96 bits per heavy atom. The predicted molar refractivity (Wildman–Crippen MR) is 92.3 cm³/mol. The first-order valence-corrected chi connectivity index (χ1v) is 7.78. The number of nitrogens with one attached hydrogen (secondary N) is 2. The maximum atomic E-state index is 13.0. The summed E-state index contributed by atoms with van der Waals surface area (Å²) in [5.74, 6) is 0.384. The summed E-state index contributed by atoms with van der Waals surface area (Å²) in [6.07, 6.45) is 3.97.